The average molecular weight is 445 g/mol. The Bertz CT molecular complexity index is 875. The van der Waals surface area contributed by atoms with Crippen molar-refractivity contribution in [2.24, 2.45) is 0 Å². The van der Waals surface area contributed by atoms with Crippen LogP contribution < -0.4 is 14.9 Å². The van der Waals surface area contributed by atoms with Crippen LogP contribution in [-0.2, 0) is 15.6 Å². The van der Waals surface area contributed by atoms with E-state index < -0.39 is 6.10 Å². The Morgan fingerprint density at radius 2 is 1.52 bits per heavy atom. The van der Waals surface area contributed by atoms with Gasteiger partial charge in [0.15, 0.2) is 6.10 Å². The summed E-state index contributed by atoms with van der Waals surface area (Å²) < 4.78 is 6.32. The van der Waals surface area contributed by atoms with E-state index in [2.05, 4.69) is 63.8 Å². The van der Waals surface area contributed by atoms with E-state index in [0.29, 0.717) is 12.1 Å². The number of hydrogen-bond donors (Lipinski definition) is 2. The second-order valence-electron chi connectivity index (χ2n) is 9.36. The summed E-state index contributed by atoms with van der Waals surface area (Å²) in [6, 6.07) is 13.7. The molecule has 0 radical (unpaired) electrons. The number of hydrogen-bond acceptors (Lipinski definition) is 3. The molecule has 4 nitrogen and oxygen atoms in total. The first-order chi connectivity index (χ1) is 14.6. The number of nitrogens with one attached hydrogen (secondary N) is 2. The molecule has 0 fully saturated rings. The number of amides is 1. The molecule has 0 saturated heterocycles. The van der Waals surface area contributed by atoms with Gasteiger partial charge < -0.3 is 10.1 Å². The molecular weight excluding hydrogens is 408 g/mol. The molecule has 2 aromatic carbocycles. The maximum absolute atomic E-state index is 12.9. The van der Waals surface area contributed by atoms with Crippen molar-refractivity contribution < 1.29 is 9.53 Å². The molecule has 0 aliphatic heterocycles. The summed E-state index contributed by atoms with van der Waals surface area (Å²) in [6.07, 6.45) is 2.02. The molecule has 1 unspecified atom stereocenters. The fourth-order valence-electron chi connectivity index (χ4n) is 3.29. The topological polar surface area (TPSA) is 50.4 Å². The summed E-state index contributed by atoms with van der Waals surface area (Å²) in [4.78, 5) is 15.5. The zero-order valence-corrected chi connectivity index (χ0v) is 20.7. The van der Waals surface area contributed by atoms with E-state index in [1.807, 2.05) is 25.1 Å². The lowest BCUT2D eigenvalue weighted by Gasteiger charge is -2.31. The summed E-state index contributed by atoms with van der Waals surface area (Å²) in [5.41, 5.74) is 3.94. The van der Waals surface area contributed by atoms with Crippen molar-refractivity contribution in [3.63, 3.8) is 0 Å². The summed E-state index contributed by atoms with van der Waals surface area (Å²) in [7, 11) is 0. The maximum Gasteiger partial charge on any atom is 0.265 e. The van der Waals surface area contributed by atoms with Gasteiger partial charge in [0.05, 0.1) is 0 Å². The van der Waals surface area contributed by atoms with Crippen LogP contribution in [0, 0.1) is 0 Å². The molecule has 0 saturated carbocycles. The van der Waals surface area contributed by atoms with Crippen molar-refractivity contribution in [2.75, 3.05) is 10.2 Å². The number of carbonyl (C=O) groups excluding carboxylic acids is 1. The lowest BCUT2D eigenvalue weighted by Crippen LogP contribution is -2.33. The van der Waals surface area contributed by atoms with Crippen LogP contribution in [0.3, 0.4) is 0 Å². The molecular formula is C26H37ClN2O2. The summed E-state index contributed by atoms with van der Waals surface area (Å²) in [6.45, 7) is 15.3. The first-order valence-electron chi connectivity index (χ1n) is 11.2. The largest absolute Gasteiger partial charge is 0.480 e. The Hall–Kier alpha value is -2.20. The quantitative estimate of drug-likeness (QED) is 0.374. The Balaban J connectivity index is 2.31. The van der Waals surface area contributed by atoms with Gasteiger partial charge in [-0.25, -0.2) is 0 Å². The van der Waals surface area contributed by atoms with E-state index in [0.717, 1.165) is 29.8 Å². The van der Waals surface area contributed by atoms with Gasteiger partial charge in [0, 0.05) is 28.7 Å². The smallest absolute Gasteiger partial charge is 0.265 e. The summed E-state index contributed by atoms with van der Waals surface area (Å²) in [5, 5.41) is 2.95. The van der Waals surface area contributed by atoms with Crippen LogP contribution in [0.15, 0.2) is 42.5 Å². The third-order valence-electron chi connectivity index (χ3n) is 6.45. The zero-order chi connectivity index (χ0) is 23.2. The van der Waals surface area contributed by atoms with Gasteiger partial charge in [-0.2, -0.15) is 0 Å². The highest BCUT2D eigenvalue weighted by molar-refractivity contribution is 6.23. The van der Waals surface area contributed by atoms with Crippen LogP contribution in [-0.4, -0.2) is 12.0 Å². The van der Waals surface area contributed by atoms with Crippen molar-refractivity contribution in [3.05, 3.63) is 53.6 Å². The minimum absolute atomic E-state index is 0.0612. The van der Waals surface area contributed by atoms with Gasteiger partial charge in [0.25, 0.3) is 5.91 Å². The van der Waals surface area contributed by atoms with Gasteiger partial charge in [0.1, 0.15) is 5.75 Å². The van der Waals surface area contributed by atoms with E-state index in [1.165, 1.54) is 5.56 Å². The fourth-order valence-corrected chi connectivity index (χ4v) is 3.42. The van der Waals surface area contributed by atoms with Gasteiger partial charge in [-0.1, -0.05) is 60.6 Å². The third-order valence-corrected chi connectivity index (χ3v) is 6.67. The lowest BCUT2D eigenvalue weighted by molar-refractivity contribution is -0.122. The number of carbonyl (C=O) groups is 1. The van der Waals surface area contributed by atoms with Crippen molar-refractivity contribution in [1.82, 2.24) is 0 Å². The van der Waals surface area contributed by atoms with E-state index in [9.17, 15) is 4.79 Å². The number of anilines is 2. The molecule has 2 rings (SSSR count). The van der Waals surface area contributed by atoms with Crippen molar-refractivity contribution >= 4 is 29.1 Å². The molecule has 0 bridgehead atoms. The highest BCUT2D eigenvalue weighted by atomic mass is 35.5. The summed E-state index contributed by atoms with van der Waals surface area (Å²) in [5.74, 6) is 0.624. The predicted molar refractivity (Wildman–Crippen MR) is 132 cm³/mol. The minimum Gasteiger partial charge on any atom is -0.480 e. The molecule has 2 aromatic rings. The monoisotopic (exact) mass is 444 g/mol. The van der Waals surface area contributed by atoms with Crippen LogP contribution in [0.2, 0.25) is 0 Å². The molecule has 170 valence electrons. The minimum atomic E-state index is -0.581. The molecule has 1 amide bonds. The van der Waals surface area contributed by atoms with Gasteiger partial charge in [-0.3, -0.25) is 9.63 Å². The molecule has 0 heterocycles. The van der Waals surface area contributed by atoms with E-state index in [-0.39, 0.29) is 16.7 Å². The first-order valence-corrected chi connectivity index (χ1v) is 11.5. The molecule has 0 spiro atoms. The molecule has 0 aliphatic carbocycles. The van der Waals surface area contributed by atoms with Crippen molar-refractivity contribution in [1.29, 1.82) is 0 Å². The van der Waals surface area contributed by atoms with E-state index >= 15 is 0 Å². The second-order valence-corrected chi connectivity index (χ2v) is 9.55. The number of halogens is 1. The van der Waals surface area contributed by atoms with E-state index in [4.69, 9.17) is 16.5 Å². The molecule has 31 heavy (non-hydrogen) atoms. The molecule has 2 N–H and O–H groups in total. The van der Waals surface area contributed by atoms with Crippen LogP contribution in [0.25, 0.3) is 0 Å². The highest BCUT2D eigenvalue weighted by Gasteiger charge is 2.28. The number of rotatable bonds is 10. The molecule has 5 heteroatoms. The second kappa shape index (κ2) is 10.4. The van der Waals surface area contributed by atoms with Gasteiger partial charge in [0.2, 0.25) is 0 Å². The van der Waals surface area contributed by atoms with Gasteiger partial charge in [-0.05, 0) is 66.0 Å². The molecule has 0 aliphatic rings. The van der Waals surface area contributed by atoms with Gasteiger partial charge >= 0.3 is 0 Å². The Morgan fingerprint density at radius 3 is 2.03 bits per heavy atom. The van der Waals surface area contributed by atoms with Crippen LogP contribution in [0.4, 0.5) is 11.4 Å². The van der Waals surface area contributed by atoms with Gasteiger partial charge in [-0.15, -0.1) is 0 Å². The fraction of sp³-hybridized carbons (Fsp3) is 0.500. The average Bonchev–Trinajstić information content (AvgIpc) is 2.77. The van der Waals surface area contributed by atoms with Crippen LogP contribution in [0.1, 0.15) is 78.9 Å². The van der Waals surface area contributed by atoms with Crippen LogP contribution >= 0.6 is 11.8 Å². The van der Waals surface area contributed by atoms with Crippen molar-refractivity contribution in [3.8, 4) is 5.75 Å². The summed E-state index contributed by atoms with van der Waals surface area (Å²) >= 11 is 5.60. The normalized spacial score (nSPS) is 12.9. The number of ether oxygens (including phenoxy) is 1. The Kier molecular flexibility index (Phi) is 8.41. The zero-order valence-electron chi connectivity index (χ0n) is 19.9. The highest BCUT2D eigenvalue weighted by Crippen LogP contribution is 2.39. The van der Waals surface area contributed by atoms with Crippen LogP contribution in [0.5, 0.6) is 5.75 Å². The van der Waals surface area contributed by atoms with E-state index in [1.54, 1.807) is 12.1 Å². The third kappa shape index (κ3) is 6.16. The SMILES string of the molecule is CCC(Oc1ccc(C(C)(C)CC)cc1C(C)(C)CC)C(=O)Nc1ccc(NCl)cc1. The lowest BCUT2D eigenvalue weighted by atomic mass is 9.76. The Labute approximate surface area is 192 Å². The predicted octanol–water partition coefficient (Wildman–Crippen LogP) is 7.42. The standard InChI is InChI=1S/C26H37ClN2O2/c1-8-22(24(30)28-19-12-14-20(29-27)15-13-19)31-23-16-11-18(25(4,5)9-2)17-21(23)26(6,7)10-3/h11-17,22,29H,8-10H2,1-7H3,(H,28,30). The molecule has 0 aromatic heterocycles. The van der Waals surface area contributed by atoms with Crippen molar-refractivity contribution in [2.45, 2.75) is 84.7 Å². The first kappa shape index (κ1) is 25.1. The number of benzene rings is 2. The Morgan fingerprint density at radius 1 is 0.935 bits per heavy atom. The maximum atomic E-state index is 12.9. The molecule has 1 atom stereocenters.